The van der Waals surface area contributed by atoms with Crippen molar-refractivity contribution in [1.82, 2.24) is 0 Å². The Labute approximate surface area is 163 Å². The average molecular weight is 475 g/mol. The molecule has 0 bridgehead atoms. The van der Waals surface area contributed by atoms with Gasteiger partial charge in [0.2, 0.25) is 9.84 Å². The summed E-state index contributed by atoms with van der Waals surface area (Å²) in [6, 6.07) is 4.34. The molecule has 1 unspecified atom stereocenters. The topological polar surface area (TPSA) is 34.1 Å². The number of halogens is 10. The Hall–Kier alpha value is -1.33. The zero-order valence-electron chi connectivity index (χ0n) is 13.2. The summed E-state index contributed by atoms with van der Waals surface area (Å²) in [5.41, 5.74) is -0.473. The van der Waals surface area contributed by atoms with E-state index in [1.807, 2.05) is 0 Å². The monoisotopic (exact) mass is 474 g/mol. The number of benzene rings is 1. The first-order chi connectivity index (χ1) is 12.5. The van der Waals surface area contributed by atoms with E-state index in [2.05, 4.69) is 0 Å². The van der Waals surface area contributed by atoms with Gasteiger partial charge in [-0.1, -0.05) is 29.8 Å². The molecule has 0 amide bonds. The van der Waals surface area contributed by atoms with Crippen molar-refractivity contribution in [2.24, 2.45) is 0 Å². The standard InChI is InChI=1S/C15H8Cl2F8O2S/c16-8-5-9(7-12(17,6-8)10-3-1-2-4-11(10)18)28(26,27)13(19,14(20,21)22)15(23,24)25/h1-5,7H,6H2. The van der Waals surface area contributed by atoms with Crippen LogP contribution in [0.3, 0.4) is 0 Å². The van der Waals surface area contributed by atoms with Crippen LogP contribution in [0.25, 0.3) is 0 Å². The number of hydrogen-bond acceptors (Lipinski definition) is 2. The second-order valence-corrected chi connectivity index (χ2v) is 8.95. The molecule has 156 valence electrons. The molecule has 28 heavy (non-hydrogen) atoms. The molecule has 0 spiro atoms. The highest BCUT2D eigenvalue weighted by Crippen LogP contribution is 2.54. The van der Waals surface area contributed by atoms with E-state index in [-0.39, 0.29) is 12.2 Å². The smallest absolute Gasteiger partial charge is 0.220 e. The van der Waals surface area contributed by atoms with Gasteiger partial charge in [-0.25, -0.2) is 17.2 Å². The van der Waals surface area contributed by atoms with Gasteiger partial charge >= 0.3 is 17.4 Å². The first kappa shape index (κ1) is 23.0. The van der Waals surface area contributed by atoms with E-state index in [1.54, 1.807) is 0 Å². The fourth-order valence-electron chi connectivity index (χ4n) is 2.52. The van der Waals surface area contributed by atoms with Crippen LogP contribution in [0.1, 0.15) is 12.0 Å². The third-order valence-electron chi connectivity index (χ3n) is 3.83. The fourth-order valence-corrected chi connectivity index (χ4v) is 5.05. The van der Waals surface area contributed by atoms with Crippen LogP contribution in [0.15, 0.2) is 46.4 Å². The van der Waals surface area contributed by atoms with Crippen LogP contribution in [0.5, 0.6) is 0 Å². The number of sulfone groups is 1. The quantitative estimate of drug-likeness (QED) is 0.405. The van der Waals surface area contributed by atoms with Crippen LogP contribution >= 0.6 is 23.2 Å². The molecule has 2 rings (SSSR count). The Morgan fingerprint density at radius 2 is 1.46 bits per heavy atom. The first-order valence-corrected chi connectivity index (χ1v) is 9.31. The maximum atomic E-state index is 14.2. The fraction of sp³-hybridized carbons (Fsp3) is 0.333. The van der Waals surface area contributed by atoms with Crippen molar-refractivity contribution in [3.05, 3.63) is 57.7 Å². The molecule has 0 saturated heterocycles. The van der Waals surface area contributed by atoms with Crippen molar-refractivity contribution in [3.63, 3.8) is 0 Å². The van der Waals surface area contributed by atoms with Crippen molar-refractivity contribution in [3.8, 4) is 0 Å². The molecule has 13 heteroatoms. The molecule has 2 nitrogen and oxygen atoms in total. The second-order valence-electron chi connectivity index (χ2n) is 5.75. The van der Waals surface area contributed by atoms with E-state index in [9.17, 15) is 43.5 Å². The zero-order chi connectivity index (χ0) is 21.8. The molecule has 1 aliphatic carbocycles. The average Bonchev–Trinajstić information content (AvgIpc) is 2.51. The van der Waals surface area contributed by atoms with Crippen molar-refractivity contribution in [2.75, 3.05) is 0 Å². The van der Waals surface area contributed by atoms with Crippen LogP contribution in [-0.2, 0) is 14.7 Å². The molecular formula is C15H8Cl2F8O2S. The van der Waals surface area contributed by atoms with Gasteiger partial charge < -0.3 is 0 Å². The summed E-state index contributed by atoms with van der Waals surface area (Å²) >= 11 is 11.7. The maximum absolute atomic E-state index is 14.2. The summed E-state index contributed by atoms with van der Waals surface area (Å²) in [6.07, 6.45) is -13.9. The van der Waals surface area contributed by atoms with Gasteiger partial charge in [-0.2, -0.15) is 26.3 Å². The van der Waals surface area contributed by atoms with E-state index >= 15 is 0 Å². The van der Waals surface area contributed by atoms with Crippen molar-refractivity contribution in [1.29, 1.82) is 0 Å². The molecule has 1 aromatic rings. The van der Waals surface area contributed by atoms with Crippen LogP contribution in [0.2, 0.25) is 0 Å². The van der Waals surface area contributed by atoms with Gasteiger partial charge in [0.25, 0.3) is 0 Å². The highest BCUT2D eigenvalue weighted by molar-refractivity contribution is 7.96. The van der Waals surface area contributed by atoms with Gasteiger partial charge in [-0.3, -0.25) is 0 Å². The van der Waals surface area contributed by atoms with Gasteiger partial charge in [0, 0.05) is 17.0 Å². The minimum absolute atomic E-state index is 0.208. The van der Waals surface area contributed by atoms with Gasteiger partial charge in [-0.05, 0) is 18.2 Å². The normalized spacial score (nSPS) is 21.9. The van der Waals surface area contributed by atoms with Gasteiger partial charge in [0.05, 0.1) is 9.78 Å². The molecule has 1 atom stereocenters. The van der Waals surface area contributed by atoms with Crippen LogP contribution in [0, 0.1) is 5.82 Å². The van der Waals surface area contributed by atoms with Crippen molar-refractivity contribution >= 4 is 33.0 Å². The predicted molar refractivity (Wildman–Crippen MR) is 85.4 cm³/mol. The summed E-state index contributed by atoms with van der Waals surface area (Å²) < 4.78 is 130. The Morgan fingerprint density at radius 3 is 1.93 bits per heavy atom. The minimum Gasteiger partial charge on any atom is -0.220 e. The Kier molecular flexibility index (Phi) is 5.64. The van der Waals surface area contributed by atoms with E-state index in [0.29, 0.717) is 0 Å². The third-order valence-corrected chi connectivity index (χ3v) is 6.58. The van der Waals surface area contributed by atoms with Crippen LogP contribution < -0.4 is 0 Å². The third kappa shape index (κ3) is 3.52. The summed E-state index contributed by atoms with van der Waals surface area (Å²) in [6.45, 7) is 0. The number of hydrogen-bond donors (Lipinski definition) is 0. The lowest BCUT2D eigenvalue weighted by Gasteiger charge is -2.33. The van der Waals surface area contributed by atoms with Gasteiger partial charge in [0.15, 0.2) is 0 Å². The number of rotatable bonds is 3. The molecule has 0 heterocycles. The molecular weight excluding hydrogens is 467 g/mol. The van der Waals surface area contributed by atoms with E-state index in [4.69, 9.17) is 23.2 Å². The largest absolute Gasteiger partial charge is 0.447 e. The molecule has 0 radical (unpaired) electrons. The second kappa shape index (κ2) is 6.88. The molecule has 0 aliphatic heterocycles. The Morgan fingerprint density at radius 1 is 0.964 bits per heavy atom. The minimum atomic E-state index is -6.87. The van der Waals surface area contributed by atoms with Gasteiger partial charge in [-0.15, -0.1) is 11.6 Å². The number of alkyl halides is 8. The van der Waals surface area contributed by atoms with Crippen molar-refractivity contribution < 1.29 is 43.5 Å². The molecule has 0 N–H and O–H groups in total. The van der Waals surface area contributed by atoms with E-state index in [0.717, 1.165) is 12.1 Å². The summed E-state index contributed by atoms with van der Waals surface area (Å²) in [4.78, 5) is -4.04. The molecule has 0 saturated carbocycles. The van der Waals surface area contributed by atoms with E-state index in [1.165, 1.54) is 12.1 Å². The molecule has 1 aliphatic rings. The lowest BCUT2D eigenvalue weighted by molar-refractivity contribution is -0.305. The molecule has 0 fully saturated rings. The van der Waals surface area contributed by atoms with Crippen molar-refractivity contribution in [2.45, 2.75) is 28.6 Å². The zero-order valence-corrected chi connectivity index (χ0v) is 15.5. The summed E-state index contributed by atoms with van der Waals surface area (Å²) in [7, 11) is -6.79. The Balaban J connectivity index is 2.77. The SMILES string of the molecule is O=S(=O)(C1=CC(Cl)(c2ccccc2F)CC(Cl)=C1)C(F)(C(F)(F)F)C(F)(F)F. The molecule has 0 aromatic heterocycles. The number of allylic oxidation sites excluding steroid dienone is 3. The Bertz CT molecular complexity index is 936. The first-order valence-electron chi connectivity index (χ1n) is 7.07. The molecule has 1 aromatic carbocycles. The highest BCUT2D eigenvalue weighted by Gasteiger charge is 2.81. The summed E-state index contributed by atoms with van der Waals surface area (Å²) in [5, 5.41) is -7.25. The lowest BCUT2D eigenvalue weighted by Crippen LogP contribution is -2.59. The van der Waals surface area contributed by atoms with Crippen LogP contribution in [0.4, 0.5) is 35.1 Å². The predicted octanol–water partition coefficient (Wildman–Crippen LogP) is 5.88. The van der Waals surface area contributed by atoms with Gasteiger partial charge in [0.1, 0.15) is 5.82 Å². The summed E-state index contributed by atoms with van der Waals surface area (Å²) in [5.74, 6) is -1.03. The maximum Gasteiger partial charge on any atom is 0.447 e. The lowest BCUT2D eigenvalue weighted by atomic mass is 9.91. The highest BCUT2D eigenvalue weighted by atomic mass is 35.5. The van der Waals surface area contributed by atoms with Crippen LogP contribution in [-0.4, -0.2) is 25.8 Å². The van der Waals surface area contributed by atoms with E-state index < -0.39 is 59.8 Å².